The molecule has 2 N–H and O–H groups in total. The van der Waals surface area contributed by atoms with E-state index in [1.165, 1.54) is 17.7 Å². The highest BCUT2D eigenvalue weighted by Gasteiger charge is 2.16. The topological polar surface area (TPSA) is 42.9 Å². The van der Waals surface area contributed by atoms with Gasteiger partial charge in [0.25, 0.3) is 0 Å². The Bertz CT molecular complexity index is 748. The van der Waals surface area contributed by atoms with Crippen molar-refractivity contribution in [3.63, 3.8) is 0 Å². The smallest absolute Gasteiger partial charge is 0.191 e. The van der Waals surface area contributed by atoms with Gasteiger partial charge in [0.15, 0.2) is 5.96 Å². The molecule has 0 unspecified atom stereocenters. The maximum Gasteiger partial charge on any atom is 0.191 e. The van der Waals surface area contributed by atoms with Gasteiger partial charge in [-0.2, -0.15) is 0 Å². The number of rotatable bonds is 7. The summed E-state index contributed by atoms with van der Waals surface area (Å²) in [7, 11) is 1.75. The summed E-state index contributed by atoms with van der Waals surface area (Å²) in [6.07, 6.45) is 0. The van der Waals surface area contributed by atoms with Crippen LogP contribution in [0, 0.1) is 5.82 Å². The number of nitrogens with zero attached hydrogens (tertiary/aromatic N) is 3. The van der Waals surface area contributed by atoms with Gasteiger partial charge in [-0.3, -0.25) is 14.8 Å². The second-order valence-electron chi connectivity index (χ2n) is 7.09. The minimum absolute atomic E-state index is 0. The standard InChI is InChI=1S/C22H30FN5.HI/c1-24-22(26-17-20-8-5-9-21(23)16-20)25-10-11-27-12-14-28(15-13-27)18-19-6-3-2-4-7-19;/h2-9,16H,10-15,17-18H2,1H3,(H2,24,25,26);1H. The summed E-state index contributed by atoms with van der Waals surface area (Å²) in [4.78, 5) is 9.23. The molecule has 0 bridgehead atoms. The van der Waals surface area contributed by atoms with Crippen LogP contribution in [0.2, 0.25) is 0 Å². The summed E-state index contributed by atoms with van der Waals surface area (Å²) >= 11 is 0. The molecule has 0 saturated carbocycles. The number of nitrogens with one attached hydrogen (secondary N) is 2. The Morgan fingerprint density at radius 3 is 2.31 bits per heavy atom. The molecule has 7 heteroatoms. The number of halogens is 2. The Labute approximate surface area is 190 Å². The van der Waals surface area contributed by atoms with Gasteiger partial charge in [0, 0.05) is 59.4 Å². The van der Waals surface area contributed by atoms with E-state index in [0.29, 0.717) is 6.54 Å². The summed E-state index contributed by atoms with van der Waals surface area (Å²) in [5.74, 6) is 0.528. The largest absolute Gasteiger partial charge is 0.355 e. The van der Waals surface area contributed by atoms with Crippen LogP contribution in [0.1, 0.15) is 11.1 Å². The summed E-state index contributed by atoms with van der Waals surface area (Å²) in [6, 6.07) is 17.3. The minimum atomic E-state index is -0.214. The first-order chi connectivity index (χ1) is 13.7. The monoisotopic (exact) mass is 511 g/mol. The molecule has 0 aromatic heterocycles. The molecule has 2 aromatic carbocycles. The fourth-order valence-electron chi connectivity index (χ4n) is 3.40. The average molecular weight is 511 g/mol. The Kier molecular flexibility index (Phi) is 10.4. The molecule has 0 aliphatic carbocycles. The summed E-state index contributed by atoms with van der Waals surface area (Å²) < 4.78 is 13.2. The van der Waals surface area contributed by atoms with Crippen LogP contribution in [0.15, 0.2) is 59.6 Å². The second-order valence-corrected chi connectivity index (χ2v) is 7.09. The van der Waals surface area contributed by atoms with E-state index in [-0.39, 0.29) is 29.8 Å². The van der Waals surface area contributed by atoms with Gasteiger partial charge in [-0.15, -0.1) is 24.0 Å². The predicted octanol–water partition coefficient (Wildman–Crippen LogP) is 2.93. The number of benzene rings is 2. The Morgan fingerprint density at radius 2 is 1.62 bits per heavy atom. The predicted molar refractivity (Wildman–Crippen MR) is 128 cm³/mol. The van der Waals surface area contributed by atoms with Crippen molar-refractivity contribution >= 4 is 29.9 Å². The summed E-state index contributed by atoms with van der Waals surface area (Å²) in [6.45, 7) is 7.77. The van der Waals surface area contributed by atoms with Crippen molar-refractivity contribution in [2.24, 2.45) is 4.99 Å². The third-order valence-corrected chi connectivity index (χ3v) is 5.01. The number of guanidine groups is 1. The van der Waals surface area contributed by atoms with Gasteiger partial charge < -0.3 is 10.6 Å². The third-order valence-electron chi connectivity index (χ3n) is 5.01. The van der Waals surface area contributed by atoms with Crippen LogP contribution in [0.5, 0.6) is 0 Å². The van der Waals surface area contributed by atoms with Crippen LogP contribution >= 0.6 is 24.0 Å². The number of piperazine rings is 1. The van der Waals surface area contributed by atoms with Gasteiger partial charge in [0.05, 0.1) is 0 Å². The molecular formula is C22H31FIN5. The Hall–Kier alpha value is -1.71. The summed E-state index contributed by atoms with van der Waals surface area (Å²) in [5.41, 5.74) is 2.28. The molecule has 2 aromatic rings. The molecule has 3 rings (SSSR count). The van der Waals surface area contributed by atoms with E-state index in [4.69, 9.17) is 0 Å². The van der Waals surface area contributed by atoms with E-state index in [2.05, 4.69) is 55.8 Å². The van der Waals surface area contributed by atoms with Crippen LogP contribution < -0.4 is 10.6 Å². The highest BCUT2D eigenvalue weighted by atomic mass is 127. The molecular weight excluding hydrogens is 480 g/mol. The lowest BCUT2D eigenvalue weighted by Crippen LogP contribution is -2.48. The first-order valence-electron chi connectivity index (χ1n) is 9.90. The molecule has 0 amide bonds. The number of aliphatic imine (C=N–C) groups is 1. The van der Waals surface area contributed by atoms with Crippen LogP contribution in [0.4, 0.5) is 4.39 Å². The van der Waals surface area contributed by atoms with Crippen molar-refractivity contribution in [3.8, 4) is 0 Å². The van der Waals surface area contributed by atoms with Crippen LogP contribution in [0.3, 0.4) is 0 Å². The van der Waals surface area contributed by atoms with E-state index in [0.717, 1.165) is 57.3 Å². The average Bonchev–Trinajstić information content (AvgIpc) is 2.72. The maximum absolute atomic E-state index is 13.2. The molecule has 0 spiro atoms. The first kappa shape index (κ1) is 23.6. The first-order valence-corrected chi connectivity index (χ1v) is 9.90. The highest BCUT2D eigenvalue weighted by molar-refractivity contribution is 14.0. The van der Waals surface area contributed by atoms with Gasteiger partial charge in [0.2, 0.25) is 0 Å². The molecule has 1 aliphatic heterocycles. The molecule has 1 heterocycles. The zero-order valence-electron chi connectivity index (χ0n) is 17.0. The van der Waals surface area contributed by atoms with Gasteiger partial charge in [0.1, 0.15) is 5.82 Å². The van der Waals surface area contributed by atoms with Gasteiger partial charge in [-0.05, 0) is 23.3 Å². The molecule has 1 fully saturated rings. The van der Waals surface area contributed by atoms with Crippen LogP contribution in [0.25, 0.3) is 0 Å². The van der Waals surface area contributed by atoms with Gasteiger partial charge >= 0.3 is 0 Å². The second kappa shape index (κ2) is 12.8. The van der Waals surface area contributed by atoms with Crippen molar-refractivity contribution in [3.05, 3.63) is 71.5 Å². The van der Waals surface area contributed by atoms with E-state index >= 15 is 0 Å². The molecule has 0 atom stereocenters. The highest BCUT2D eigenvalue weighted by Crippen LogP contribution is 2.08. The van der Waals surface area contributed by atoms with E-state index < -0.39 is 0 Å². The molecule has 158 valence electrons. The Balaban J connectivity index is 0.00000300. The quantitative estimate of drug-likeness (QED) is 0.341. The van der Waals surface area contributed by atoms with Gasteiger partial charge in [-0.25, -0.2) is 4.39 Å². The molecule has 29 heavy (non-hydrogen) atoms. The lowest BCUT2D eigenvalue weighted by molar-refractivity contribution is 0.129. The van der Waals surface area contributed by atoms with Gasteiger partial charge in [-0.1, -0.05) is 42.5 Å². The van der Waals surface area contributed by atoms with E-state index in [1.54, 1.807) is 13.1 Å². The number of hydrogen-bond acceptors (Lipinski definition) is 3. The fourth-order valence-corrected chi connectivity index (χ4v) is 3.40. The summed E-state index contributed by atoms with van der Waals surface area (Å²) in [5, 5.41) is 6.57. The zero-order chi connectivity index (χ0) is 19.6. The molecule has 1 aliphatic rings. The lowest BCUT2D eigenvalue weighted by Gasteiger charge is -2.34. The van der Waals surface area contributed by atoms with Crippen molar-refractivity contribution in [1.82, 2.24) is 20.4 Å². The SMILES string of the molecule is CN=C(NCCN1CCN(Cc2ccccc2)CC1)NCc1cccc(F)c1.I. The van der Waals surface area contributed by atoms with Crippen molar-refractivity contribution in [2.75, 3.05) is 46.3 Å². The van der Waals surface area contributed by atoms with Crippen molar-refractivity contribution in [2.45, 2.75) is 13.1 Å². The Morgan fingerprint density at radius 1 is 0.931 bits per heavy atom. The van der Waals surface area contributed by atoms with E-state index in [1.807, 2.05) is 6.07 Å². The lowest BCUT2D eigenvalue weighted by atomic mass is 10.2. The fraction of sp³-hybridized carbons (Fsp3) is 0.409. The molecule has 1 saturated heterocycles. The zero-order valence-corrected chi connectivity index (χ0v) is 19.3. The molecule has 5 nitrogen and oxygen atoms in total. The number of hydrogen-bond donors (Lipinski definition) is 2. The van der Waals surface area contributed by atoms with Crippen LogP contribution in [-0.4, -0.2) is 62.1 Å². The maximum atomic E-state index is 13.2. The van der Waals surface area contributed by atoms with Crippen LogP contribution in [-0.2, 0) is 13.1 Å². The normalized spacial score (nSPS) is 15.6. The van der Waals surface area contributed by atoms with Crippen molar-refractivity contribution < 1.29 is 4.39 Å². The third kappa shape index (κ3) is 8.28. The minimum Gasteiger partial charge on any atom is -0.355 e. The van der Waals surface area contributed by atoms with Crippen molar-refractivity contribution in [1.29, 1.82) is 0 Å². The van der Waals surface area contributed by atoms with E-state index in [9.17, 15) is 4.39 Å². The molecule has 0 radical (unpaired) electrons.